The second-order valence-electron chi connectivity index (χ2n) is 5.77. The van der Waals surface area contributed by atoms with E-state index in [4.69, 9.17) is 4.74 Å². The predicted octanol–water partition coefficient (Wildman–Crippen LogP) is 2.48. The zero-order chi connectivity index (χ0) is 11.8. The summed E-state index contributed by atoms with van der Waals surface area (Å²) in [5.74, 6) is 0.506. The summed E-state index contributed by atoms with van der Waals surface area (Å²) in [6.45, 7) is 0. The molecule has 3 rings (SSSR count). The first-order chi connectivity index (χ1) is 8.27. The number of carbonyl (C=O) groups excluding carboxylic acids is 2. The van der Waals surface area contributed by atoms with Crippen molar-refractivity contribution in [1.29, 1.82) is 0 Å². The zero-order valence-corrected chi connectivity index (χ0v) is 10.2. The quantitative estimate of drug-likeness (QED) is 0.546. The van der Waals surface area contributed by atoms with Gasteiger partial charge in [0.15, 0.2) is 0 Å². The van der Waals surface area contributed by atoms with Gasteiger partial charge in [-0.25, -0.2) is 0 Å². The lowest BCUT2D eigenvalue weighted by molar-refractivity contribution is -0.153. The fourth-order valence-corrected chi connectivity index (χ4v) is 3.57. The van der Waals surface area contributed by atoms with E-state index in [9.17, 15) is 9.59 Å². The van der Waals surface area contributed by atoms with Crippen LogP contribution in [0.1, 0.15) is 51.4 Å². The largest absolute Gasteiger partial charge is 0.462 e. The molecule has 0 aliphatic heterocycles. The summed E-state index contributed by atoms with van der Waals surface area (Å²) in [7, 11) is 0. The van der Waals surface area contributed by atoms with E-state index in [0.29, 0.717) is 12.3 Å². The number of rotatable bonds is 2. The van der Waals surface area contributed by atoms with E-state index in [2.05, 4.69) is 0 Å². The second kappa shape index (κ2) is 4.43. The molecule has 0 N–H and O–H groups in total. The van der Waals surface area contributed by atoms with E-state index in [1.165, 1.54) is 25.7 Å². The summed E-state index contributed by atoms with van der Waals surface area (Å²) in [5.41, 5.74) is 0. The molecule has 3 atom stereocenters. The third-order valence-corrected chi connectivity index (χ3v) is 4.62. The molecule has 17 heavy (non-hydrogen) atoms. The lowest BCUT2D eigenvalue weighted by Gasteiger charge is -2.15. The van der Waals surface area contributed by atoms with Crippen LogP contribution in [0.2, 0.25) is 0 Å². The van der Waals surface area contributed by atoms with Crippen molar-refractivity contribution in [2.24, 2.45) is 17.8 Å². The molecule has 0 saturated heterocycles. The Hall–Kier alpha value is -0.860. The molecular weight excluding hydrogens is 216 g/mol. The highest BCUT2D eigenvalue weighted by Gasteiger charge is 2.62. The van der Waals surface area contributed by atoms with Gasteiger partial charge >= 0.3 is 5.97 Å². The first-order valence-corrected chi connectivity index (χ1v) is 7.00. The molecule has 0 spiro atoms. The highest BCUT2D eigenvalue weighted by Crippen LogP contribution is 2.56. The van der Waals surface area contributed by atoms with E-state index in [0.717, 1.165) is 19.3 Å². The Balaban J connectivity index is 1.52. The van der Waals surface area contributed by atoms with Gasteiger partial charge in [0.1, 0.15) is 11.9 Å². The molecule has 3 saturated carbocycles. The van der Waals surface area contributed by atoms with Gasteiger partial charge in [0.2, 0.25) is 0 Å². The van der Waals surface area contributed by atoms with Crippen LogP contribution in [0.4, 0.5) is 0 Å². The van der Waals surface area contributed by atoms with Gasteiger partial charge in [-0.2, -0.15) is 0 Å². The molecule has 0 aromatic rings. The van der Waals surface area contributed by atoms with Crippen LogP contribution < -0.4 is 0 Å². The van der Waals surface area contributed by atoms with E-state index >= 15 is 0 Å². The van der Waals surface area contributed by atoms with Crippen molar-refractivity contribution >= 4 is 11.8 Å². The van der Waals surface area contributed by atoms with Crippen LogP contribution in [-0.2, 0) is 14.3 Å². The maximum atomic E-state index is 12.0. The average Bonchev–Trinajstić information content (AvgIpc) is 2.99. The average molecular weight is 236 g/mol. The summed E-state index contributed by atoms with van der Waals surface area (Å²) in [6, 6.07) is 0. The molecule has 0 amide bonds. The summed E-state index contributed by atoms with van der Waals surface area (Å²) in [6.07, 6.45) is 8.63. The lowest BCUT2D eigenvalue weighted by Crippen LogP contribution is -2.21. The van der Waals surface area contributed by atoms with E-state index in [1.807, 2.05) is 0 Å². The number of hydrogen-bond acceptors (Lipinski definition) is 3. The van der Waals surface area contributed by atoms with Gasteiger partial charge in [0, 0.05) is 12.3 Å². The van der Waals surface area contributed by atoms with Crippen molar-refractivity contribution in [2.45, 2.75) is 57.5 Å². The van der Waals surface area contributed by atoms with E-state index < -0.39 is 0 Å². The van der Waals surface area contributed by atoms with E-state index in [1.54, 1.807) is 0 Å². The zero-order valence-electron chi connectivity index (χ0n) is 10.2. The maximum Gasteiger partial charge on any atom is 0.310 e. The predicted molar refractivity (Wildman–Crippen MR) is 62.3 cm³/mol. The van der Waals surface area contributed by atoms with Gasteiger partial charge in [-0.15, -0.1) is 0 Å². The number of ether oxygens (including phenoxy) is 1. The Kier molecular flexibility index (Phi) is 2.93. The van der Waals surface area contributed by atoms with Crippen LogP contribution in [0, 0.1) is 17.8 Å². The van der Waals surface area contributed by atoms with Crippen LogP contribution in [0.25, 0.3) is 0 Å². The molecule has 0 unspecified atom stereocenters. The summed E-state index contributed by atoms with van der Waals surface area (Å²) < 4.78 is 5.59. The molecule has 0 heterocycles. The maximum absolute atomic E-state index is 12.0. The van der Waals surface area contributed by atoms with Gasteiger partial charge < -0.3 is 4.74 Å². The molecule has 0 bridgehead atoms. The topological polar surface area (TPSA) is 43.4 Å². The minimum atomic E-state index is -0.0834. The van der Waals surface area contributed by atoms with Crippen molar-refractivity contribution in [3.63, 3.8) is 0 Å². The van der Waals surface area contributed by atoms with Crippen molar-refractivity contribution in [2.75, 3.05) is 0 Å². The summed E-state index contributed by atoms with van der Waals surface area (Å²) in [5, 5.41) is 0. The van der Waals surface area contributed by atoms with E-state index in [-0.39, 0.29) is 29.7 Å². The second-order valence-corrected chi connectivity index (χ2v) is 5.77. The Morgan fingerprint density at radius 2 is 1.76 bits per heavy atom. The molecule has 0 aromatic carbocycles. The van der Waals surface area contributed by atoms with Crippen molar-refractivity contribution in [1.82, 2.24) is 0 Å². The monoisotopic (exact) mass is 236 g/mol. The third-order valence-electron chi connectivity index (χ3n) is 4.62. The first kappa shape index (κ1) is 11.2. The molecule has 94 valence electrons. The number of Topliss-reactive ketones (excluding diaryl/α,β-unsaturated/α-hetero) is 1. The van der Waals surface area contributed by atoms with Gasteiger partial charge in [0.05, 0.1) is 5.92 Å². The summed E-state index contributed by atoms with van der Waals surface area (Å²) >= 11 is 0. The third kappa shape index (κ3) is 2.12. The molecule has 3 fully saturated rings. The standard InChI is InChI=1S/C14H20O3/c15-11-8-7-10-12(11)13(10)14(16)17-9-5-3-1-2-4-6-9/h9-10,12-13H,1-8H2/t10-,12-,13+/m0/s1. The van der Waals surface area contributed by atoms with Gasteiger partial charge in [-0.05, 0) is 38.0 Å². The minimum Gasteiger partial charge on any atom is -0.462 e. The fourth-order valence-electron chi connectivity index (χ4n) is 3.57. The smallest absolute Gasteiger partial charge is 0.310 e. The van der Waals surface area contributed by atoms with Crippen LogP contribution in [-0.4, -0.2) is 17.9 Å². The lowest BCUT2D eigenvalue weighted by atomic mass is 10.1. The number of fused-ring (bicyclic) bond motifs is 1. The van der Waals surface area contributed by atoms with Crippen molar-refractivity contribution < 1.29 is 14.3 Å². The highest BCUT2D eigenvalue weighted by atomic mass is 16.5. The van der Waals surface area contributed by atoms with Gasteiger partial charge in [-0.3, -0.25) is 9.59 Å². The number of ketones is 1. The van der Waals surface area contributed by atoms with Crippen LogP contribution in [0.15, 0.2) is 0 Å². The Morgan fingerprint density at radius 1 is 1.06 bits per heavy atom. The SMILES string of the molecule is O=C1CC[C@H]2[C@@H]1[C@@H]2C(=O)OC1CCCCCC1. The van der Waals surface area contributed by atoms with Crippen LogP contribution >= 0.6 is 0 Å². The molecule has 0 radical (unpaired) electrons. The van der Waals surface area contributed by atoms with Crippen molar-refractivity contribution in [3.8, 4) is 0 Å². The number of hydrogen-bond donors (Lipinski definition) is 0. The molecule has 3 heteroatoms. The number of esters is 1. The summed E-state index contributed by atoms with van der Waals surface area (Å²) in [4.78, 5) is 23.4. The van der Waals surface area contributed by atoms with Gasteiger partial charge in [-0.1, -0.05) is 12.8 Å². The van der Waals surface area contributed by atoms with Crippen LogP contribution in [0.5, 0.6) is 0 Å². The Bertz CT molecular complexity index is 328. The molecule has 0 aromatic heterocycles. The molecule has 3 nitrogen and oxygen atoms in total. The molecule has 3 aliphatic rings. The normalized spacial score (nSPS) is 37.4. The first-order valence-electron chi connectivity index (χ1n) is 7.00. The Morgan fingerprint density at radius 3 is 2.35 bits per heavy atom. The van der Waals surface area contributed by atoms with Gasteiger partial charge in [0.25, 0.3) is 0 Å². The Labute approximate surface area is 102 Å². The minimum absolute atomic E-state index is 0.0354. The fraction of sp³-hybridized carbons (Fsp3) is 0.857. The van der Waals surface area contributed by atoms with Crippen LogP contribution in [0.3, 0.4) is 0 Å². The molecule has 3 aliphatic carbocycles. The molecular formula is C14H20O3. The van der Waals surface area contributed by atoms with Crippen molar-refractivity contribution in [3.05, 3.63) is 0 Å². The highest BCUT2D eigenvalue weighted by molar-refractivity contribution is 5.94. The number of carbonyl (C=O) groups is 2.